The van der Waals surface area contributed by atoms with Gasteiger partial charge in [-0.25, -0.2) is 4.68 Å². The third-order valence-electron chi connectivity index (χ3n) is 4.67. The van der Waals surface area contributed by atoms with Gasteiger partial charge in [0, 0.05) is 17.4 Å². The summed E-state index contributed by atoms with van der Waals surface area (Å²) in [6.45, 7) is 5.75. The molecule has 4 aromatic rings. The second kappa shape index (κ2) is 9.30. The molecule has 4 rings (SSSR count). The molecule has 162 valence electrons. The monoisotopic (exact) mass is 429 g/mol. The lowest BCUT2D eigenvalue weighted by atomic mass is 10.2. The van der Waals surface area contributed by atoms with Crippen LogP contribution in [0, 0.1) is 20.8 Å². The van der Waals surface area contributed by atoms with Crippen molar-refractivity contribution in [3.8, 4) is 23.2 Å². The number of anilines is 1. The van der Waals surface area contributed by atoms with Gasteiger partial charge in [0.25, 0.3) is 5.91 Å². The van der Waals surface area contributed by atoms with Crippen molar-refractivity contribution in [1.29, 1.82) is 0 Å². The first-order valence-electron chi connectivity index (χ1n) is 10.1. The Morgan fingerprint density at radius 1 is 0.969 bits per heavy atom. The number of amides is 1. The molecular formula is C24H23N5O3. The summed E-state index contributed by atoms with van der Waals surface area (Å²) >= 11 is 0. The molecule has 1 N–H and O–H groups in total. The van der Waals surface area contributed by atoms with Gasteiger partial charge in [-0.1, -0.05) is 18.2 Å². The van der Waals surface area contributed by atoms with Crippen molar-refractivity contribution < 1.29 is 14.3 Å². The topological polar surface area (TPSA) is 91.2 Å². The highest BCUT2D eigenvalue weighted by Gasteiger charge is 2.08. The van der Waals surface area contributed by atoms with Crippen LogP contribution in [-0.4, -0.2) is 32.5 Å². The van der Waals surface area contributed by atoms with Gasteiger partial charge >= 0.3 is 0 Å². The Bertz CT molecular complexity index is 1220. The number of carbonyl (C=O) groups is 1. The number of carbonyl (C=O) groups excluding carboxylic acids is 1. The average molecular weight is 429 g/mol. The zero-order chi connectivity index (χ0) is 22.5. The first-order chi connectivity index (χ1) is 15.5. The predicted molar refractivity (Wildman–Crippen MR) is 120 cm³/mol. The van der Waals surface area contributed by atoms with Crippen LogP contribution in [0.2, 0.25) is 0 Å². The van der Waals surface area contributed by atoms with Crippen LogP contribution in [0.3, 0.4) is 0 Å². The Morgan fingerprint density at radius 3 is 2.41 bits per heavy atom. The molecule has 0 aliphatic carbocycles. The van der Waals surface area contributed by atoms with Gasteiger partial charge in [-0.3, -0.25) is 4.79 Å². The van der Waals surface area contributed by atoms with Crippen molar-refractivity contribution in [2.75, 3.05) is 11.9 Å². The molecule has 32 heavy (non-hydrogen) atoms. The maximum absolute atomic E-state index is 12.2. The van der Waals surface area contributed by atoms with Gasteiger partial charge in [0.05, 0.1) is 5.69 Å². The predicted octanol–water partition coefficient (Wildman–Crippen LogP) is 4.40. The van der Waals surface area contributed by atoms with Gasteiger partial charge in [-0.05, 0) is 68.8 Å². The van der Waals surface area contributed by atoms with E-state index in [1.807, 2.05) is 51.1 Å². The van der Waals surface area contributed by atoms with Crippen LogP contribution in [0.1, 0.15) is 17.0 Å². The summed E-state index contributed by atoms with van der Waals surface area (Å²) < 4.78 is 13.0. The highest BCUT2D eigenvalue weighted by atomic mass is 16.5. The Balaban J connectivity index is 1.32. The molecule has 0 atom stereocenters. The van der Waals surface area contributed by atoms with Crippen LogP contribution in [0.25, 0.3) is 5.82 Å². The van der Waals surface area contributed by atoms with E-state index in [1.54, 1.807) is 41.1 Å². The number of para-hydroxylation sites is 1. The summed E-state index contributed by atoms with van der Waals surface area (Å²) in [4.78, 5) is 12.2. The third-order valence-corrected chi connectivity index (χ3v) is 4.67. The fourth-order valence-electron chi connectivity index (χ4n) is 3.13. The van der Waals surface area contributed by atoms with E-state index in [0.29, 0.717) is 28.9 Å². The molecule has 0 aliphatic rings. The smallest absolute Gasteiger partial charge is 0.262 e. The molecular weight excluding hydrogens is 406 g/mol. The van der Waals surface area contributed by atoms with E-state index < -0.39 is 0 Å². The minimum Gasteiger partial charge on any atom is -0.483 e. The molecule has 0 bridgehead atoms. The maximum Gasteiger partial charge on any atom is 0.262 e. The SMILES string of the molecule is Cc1cc(C)n(-c2ccc(Oc3ccc(NC(=O)COc4ccccc4C)cc3)nn2)n1. The van der Waals surface area contributed by atoms with E-state index in [1.165, 1.54) is 0 Å². The molecule has 0 saturated heterocycles. The van der Waals surface area contributed by atoms with E-state index >= 15 is 0 Å². The van der Waals surface area contributed by atoms with E-state index in [0.717, 1.165) is 17.0 Å². The number of benzene rings is 2. The number of hydrogen-bond donors (Lipinski definition) is 1. The lowest BCUT2D eigenvalue weighted by Gasteiger charge is -2.10. The molecule has 2 aromatic heterocycles. The Labute approximate surface area is 185 Å². The number of aromatic nitrogens is 4. The molecule has 0 fully saturated rings. The van der Waals surface area contributed by atoms with Crippen molar-refractivity contribution in [2.45, 2.75) is 20.8 Å². The van der Waals surface area contributed by atoms with E-state index in [-0.39, 0.29) is 12.5 Å². The molecule has 8 nitrogen and oxygen atoms in total. The lowest BCUT2D eigenvalue weighted by Crippen LogP contribution is -2.20. The third kappa shape index (κ3) is 5.10. The molecule has 0 saturated carbocycles. The minimum atomic E-state index is -0.243. The number of nitrogens with zero attached hydrogens (tertiary/aromatic N) is 4. The summed E-state index contributed by atoms with van der Waals surface area (Å²) in [5.41, 5.74) is 3.51. The first-order valence-corrected chi connectivity index (χ1v) is 10.1. The lowest BCUT2D eigenvalue weighted by molar-refractivity contribution is -0.118. The average Bonchev–Trinajstić information content (AvgIpc) is 3.13. The highest BCUT2D eigenvalue weighted by Crippen LogP contribution is 2.22. The van der Waals surface area contributed by atoms with Crippen LogP contribution in [0.4, 0.5) is 5.69 Å². The van der Waals surface area contributed by atoms with Crippen LogP contribution >= 0.6 is 0 Å². The minimum absolute atomic E-state index is 0.0692. The van der Waals surface area contributed by atoms with Gasteiger partial charge in [-0.2, -0.15) is 5.10 Å². The summed E-state index contributed by atoms with van der Waals surface area (Å²) in [6, 6.07) is 20.1. The van der Waals surface area contributed by atoms with Crippen molar-refractivity contribution in [3.63, 3.8) is 0 Å². The number of ether oxygens (including phenoxy) is 2. The zero-order valence-electron chi connectivity index (χ0n) is 18.1. The number of hydrogen-bond acceptors (Lipinski definition) is 6. The Hall–Kier alpha value is -4.20. The van der Waals surface area contributed by atoms with Crippen LogP contribution in [0.5, 0.6) is 17.4 Å². The van der Waals surface area contributed by atoms with Crippen molar-refractivity contribution in [3.05, 3.63) is 83.7 Å². The van der Waals surface area contributed by atoms with Crippen LogP contribution in [-0.2, 0) is 4.79 Å². The Kier molecular flexibility index (Phi) is 6.12. The zero-order valence-corrected chi connectivity index (χ0v) is 18.1. The standard InChI is InChI=1S/C24H23N5O3/c1-16-6-4-5-7-21(16)31-15-23(30)25-19-8-10-20(11-9-19)32-24-13-12-22(26-27-24)29-18(3)14-17(2)28-29/h4-14H,15H2,1-3H3,(H,25,30). The van der Waals surface area contributed by atoms with Crippen LogP contribution < -0.4 is 14.8 Å². The summed E-state index contributed by atoms with van der Waals surface area (Å²) in [5.74, 6) is 2.00. The maximum atomic E-state index is 12.2. The Morgan fingerprint density at radius 2 is 1.75 bits per heavy atom. The molecule has 2 heterocycles. The van der Waals surface area contributed by atoms with Gasteiger partial charge in [0.2, 0.25) is 5.88 Å². The van der Waals surface area contributed by atoms with Gasteiger partial charge < -0.3 is 14.8 Å². The van der Waals surface area contributed by atoms with E-state index in [4.69, 9.17) is 9.47 Å². The molecule has 2 aromatic carbocycles. The largest absolute Gasteiger partial charge is 0.483 e. The van der Waals surface area contributed by atoms with Crippen molar-refractivity contribution in [2.24, 2.45) is 0 Å². The van der Waals surface area contributed by atoms with Crippen molar-refractivity contribution >= 4 is 11.6 Å². The quantitative estimate of drug-likeness (QED) is 0.468. The number of rotatable bonds is 7. The van der Waals surface area contributed by atoms with Gasteiger partial charge in [0.15, 0.2) is 12.4 Å². The summed E-state index contributed by atoms with van der Waals surface area (Å²) in [6.07, 6.45) is 0. The molecule has 0 spiro atoms. The summed E-state index contributed by atoms with van der Waals surface area (Å²) in [7, 11) is 0. The second-order valence-corrected chi connectivity index (χ2v) is 7.30. The fourth-order valence-corrected chi connectivity index (χ4v) is 3.13. The highest BCUT2D eigenvalue weighted by molar-refractivity contribution is 5.91. The summed E-state index contributed by atoms with van der Waals surface area (Å²) in [5, 5.41) is 15.5. The molecule has 1 amide bonds. The molecule has 0 unspecified atom stereocenters. The van der Waals surface area contributed by atoms with E-state index in [2.05, 4.69) is 20.6 Å². The van der Waals surface area contributed by atoms with Crippen molar-refractivity contribution in [1.82, 2.24) is 20.0 Å². The van der Waals surface area contributed by atoms with Crippen LogP contribution in [0.15, 0.2) is 66.7 Å². The number of aryl methyl sites for hydroxylation is 3. The van der Waals surface area contributed by atoms with E-state index in [9.17, 15) is 4.79 Å². The number of nitrogens with one attached hydrogen (secondary N) is 1. The molecule has 0 radical (unpaired) electrons. The first kappa shape index (κ1) is 21.0. The molecule has 8 heteroatoms. The fraction of sp³-hybridized carbons (Fsp3) is 0.167. The molecule has 0 aliphatic heterocycles. The second-order valence-electron chi connectivity index (χ2n) is 7.30. The van der Waals surface area contributed by atoms with Gasteiger partial charge in [-0.15, -0.1) is 10.2 Å². The van der Waals surface area contributed by atoms with Gasteiger partial charge in [0.1, 0.15) is 11.5 Å². The normalized spacial score (nSPS) is 10.6.